The van der Waals surface area contributed by atoms with E-state index in [1.54, 1.807) is 7.11 Å². The lowest BCUT2D eigenvalue weighted by molar-refractivity contribution is -0.115. The summed E-state index contributed by atoms with van der Waals surface area (Å²) in [4.78, 5) is 11.4. The number of anilines is 1. The Bertz CT molecular complexity index is 375. The minimum atomic E-state index is -0.202. The van der Waals surface area contributed by atoms with Crippen molar-refractivity contribution in [1.29, 1.82) is 0 Å². The summed E-state index contributed by atoms with van der Waals surface area (Å²) in [5, 5.41) is 13.1. The van der Waals surface area contributed by atoms with Crippen LogP contribution in [-0.4, -0.2) is 42.9 Å². The summed E-state index contributed by atoms with van der Waals surface area (Å²) in [6.45, 7) is 1.39. The SMILES string of the molecule is COCCNCC(=O)Nc1nnc(C2CC2)o1. The average Bonchev–Trinajstić information content (AvgIpc) is 3.07. The molecule has 1 aliphatic carbocycles. The highest BCUT2D eigenvalue weighted by atomic mass is 16.5. The lowest BCUT2D eigenvalue weighted by atomic mass is 10.4. The maximum Gasteiger partial charge on any atom is 0.322 e. The van der Waals surface area contributed by atoms with Crippen molar-refractivity contribution in [3.63, 3.8) is 0 Å². The predicted octanol–water partition coefficient (Wildman–Crippen LogP) is 0.121. The van der Waals surface area contributed by atoms with Gasteiger partial charge in [-0.25, -0.2) is 0 Å². The third kappa shape index (κ3) is 3.79. The van der Waals surface area contributed by atoms with Gasteiger partial charge in [0.1, 0.15) is 0 Å². The number of nitrogens with zero attached hydrogens (tertiary/aromatic N) is 2. The van der Waals surface area contributed by atoms with Gasteiger partial charge in [-0.1, -0.05) is 5.10 Å². The third-order valence-electron chi connectivity index (χ3n) is 2.38. The van der Waals surface area contributed by atoms with Gasteiger partial charge in [0.25, 0.3) is 0 Å². The van der Waals surface area contributed by atoms with Crippen LogP contribution < -0.4 is 10.6 Å². The number of hydrogen-bond acceptors (Lipinski definition) is 6. The van der Waals surface area contributed by atoms with Gasteiger partial charge in [-0.3, -0.25) is 10.1 Å². The zero-order valence-electron chi connectivity index (χ0n) is 9.73. The van der Waals surface area contributed by atoms with Gasteiger partial charge < -0.3 is 14.5 Å². The molecule has 1 amide bonds. The van der Waals surface area contributed by atoms with E-state index in [4.69, 9.17) is 9.15 Å². The number of rotatable bonds is 7. The Morgan fingerprint density at radius 3 is 3.06 bits per heavy atom. The van der Waals surface area contributed by atoms with E-state index < -0.39 is 0 Å². The van der Waals surface area contributed by atoms with Gasteiger partial charge in [0.05, 0.1) is 13.2 Å². The van der Waals surface area contributed by atoms with Crippen LogP contribution >= 0.6 is 0 Å². The zero-order valence-corrected chi connectivity index (χ0v) is 9.73. The number of nitrogens with one attached hydrogen (secondary N) is 2. The normalized spacial score (nSPS) is 14.9. The number of carbonyl (C=O) groups is 1. The highest BCUT2D eigenvalue weighted by Crippen LogP contribution is 2.39. The Morgan fingerprint density at radius 2 is 2.35 bits per heavy atom. The molecule has 1 saturated carbocycles. The highest BCUT2D eigenvalue weighted by Gasteiger charge is 2.29. The van der Waals surface area contributed by atoms with Gasteiger partial charge in [-0.15, -0.1) is 5.10 Å². The van der Waals surface area contributed by atoms with E-state index in [9.17, 15) is 4.79 Å². The molecule has 0 aromatic carbocycles. The summed E-state index contributed by atoms with van der Waals surface area (Å²) in [6.07, 6.45) is 2.18. The van der Waals surface area contributed by atoms with Crippen LogP contribution in [0.1, 0.15) is 24.7 Å². The summed E-state index contributed by atoms with van der Waals surface area (Å²) in [6, 6.07) is 0.172. The molecule has 1 heterocycles. The molecule has 2 N–H and O–H groups in total. The summed E-state index contributed by atoms with van der Waals surface area (Å²) in [7, 11) is 1.61. The molecule has 7 heteroatoms. The van der Waals surface area contributed by atoms with E-state index in [0.717, 1.165) is 12.8 Å². The monoisotopic (exact) mass is 240 g/mol. The lowest BCUT2D eigenvalue weighted by Crippen LogP contribution is -2.30. The molecule has 0 saturated heterocycles. The molecule has 0 unspecified atom stereocenters. The molecular weight excluding hydrogens is 224 g/mol. The van der Waals surface area contributed by atoms with Crippen LogP contribution in [0.3, 0.4) is 0 Å². The molecule has 94 valence electrons. The molecule has 17 heavy (non-hydrogen) atoms. The summed E-state index contributed by atoms with van der Waals surface area (Å²) in [5.41, 5.74) is 0. The summed E-state index contributed by atoms with van der Waals surface area (Å²) >= 11 is 0. The Morgan fingerprint density at radius 1 is 1.53 bits per heavy atom. The number of ether oxygens (including phenoxy) is 1. The standard InChI is InChI=1S/C10H16N4O3/c1-16-5-4-11-6-8(15)12-10-14-13-9(17-10)7-2-3-7/h7,11H,2-6H2,1H3,(H,12,14,15). The molecule has 1 aliphatic rings. The Kier molecular flexibility index (Phi) is 4.05. The Hall–Kier alpha value is -1.47. The number of methoxy groups -OCH3 is 1. The topological polar surface area (TPSA) is 89.3 Å². The van der Waals surface area contributed by atoms with Crippen molar-refractivity contribution in [3.8, 4) is 0 Å². The molecule has 2 rings (SSSR count). The van der Waals surface area contributed by atoms with Crippen LogP contribution in [0, 0.1) is 0 Å². The van der Waals surface area contributed by atoms with E-state index >= 15 is 0 Å². The van der Waals surface area contributed by atoms with Crippen molar-refractivity contribution in [2.24, 2.45) is 0 Å². The number of carbonyl (C=O) groups excluding carboxylic acids is 1. The minimum Gasteiger partial charge on any atom is -0.408 e. The fourth-order valence-corrected chi connectivity index (χ4v) is 1.32. The minimum absolute atomic E-state index is 0.172. The van der Waals surface area contributed by atoms with Crippen molar-refractivity contribution < 1.29 is 13.9 Å². The van der Waals surface area contributed by atoms with Gasteiger partial charge in [0, 0.05) is 19.6 Å². The number of amides is 1. The molecule has 1 aromatic heterocycles. The van der Waals surface area contributed by atoms with E-state index in [1.807, 2.05) is 0 Å². The highest BCUT2D eigenvalue weighted by molar-refractivity contribution is 5.90. The average molecular weight is 240 g/mol. The number of aromatic nitrogens is 2. The van der Waals surface area contributed by atoms with Crippen molar-refractivity contribution in [2.75, 3.05) is 32.1 Å². The largest absolute Gasteiger partial charge is 0.408 e. The van der Waals surface area contributed by atoms with Gasteiger partial charge >= 0.3 is 6.01 Å². The molecule has 0 aliphatic heterocycles. The van der Waals surface area contributed by atoms with Gasteiger partial charge in [-0.05, 0) is 12.8 Å². The second kappa shape index (κ2) is 5.74. The molecule has 1 fully saturated rings. The second-order valence-corrected chi connectivity index (χ2v) is 3.94. The van der Waals surface area contributed by atoms with Crippen molar-refractivity contribution in [1.82, 2.24) is 15.5 Å². The zero-order chi connectivity index (χ0) is 12.1. The summed E-state index contributed by atoms with van der Waals surface area (Å²) in [5.74, 6) is 0.813. The van der Waals surface area contributed by atoms with Crippen LogP contribution in [0.5, 0.6) is 0 Å². The Labute approximate surface area is 98.9 Å². The fourth-order valence-electron chi connectivity index (χ4n) is 1.32. The van der Waals surface area contributed by atoms with E-state index in [-0.39, 0.29) is 18.5 Å². The lowest BCUT2D eigenvalue weighted by Gasteiger charge is -2.02. The first-order valence-corrected chi connectivity index (χ1v) is 5.62. The van der Waals surface area contributed by atoms with Crippen molar-refractivity contribution in [3.05, 3.63) is 5.89 Å². The van der Waals surface area contributed by atoms with Crippen LogP contribution in [0.2, 0.25) is 0 Å². The van der Waals surface area contributed by atoms with E-state index in [1.165, 1.54) is 0 Å². The van der Waals surface area contributed by atoms with Crippen molar-refractivity contribution in [2.45, 2.75) is 18.8 Å². The molecular formula is C10H16N4O3. The fraction of sp³-hybridized carbons (Fsp3) is 0.700. The van der Waals surface area contributed by atoms with Gasteiger partial charge in [0.2, 0.25) is 11.8 Å². The van der Waals surface area contributed by atoms with Crippen molar-refractivity contribution >= 4 is 11.9 Å². The predicted molar refractivity (Wildman–Crippen MR) is 59.6 cm³/mol. The molecule has 0 atom stereocenters. The number of hydrogen-bond donors (Lipinski definition) is 2. The maximum absolute atomic E-state index is 11.4. The molecule has 0 spiro atoms. The molecule has 7 nitrogen and oxygen atoms in total. The molecule has 0 radical (unpaired) electrons. The quantitative estimate of drug-likeness (QED) is 0.658. The van der Waals surface area contributed by atoms with E-state index in [2.05, 4.69) is 20.8 Å². The second-order valence-electron chi connectivity index (χ2n) is 3.94. The first-order valence-electron chi connectivity index (χ1n) is 5.62. The third-order valence-corrected chi connectivity index (χ3v) is 2.38. The van der Waals surface area contributed by atoms with Gasteiger partial charge in [0.15, 0.2) is 0 Å². The maximum atomic E-state index is 11.4. The van der Waals surface area contributed by atoms with Gasteiger partial charge in [-0.2, -0.15) is 0 Å². The molecule has 1 aromatic rings. The van der Waals surface area contributed by atoms with E-state index in [0.29, 0.717) is 25.0 Å². The Balaban J connectivity index is 1.69. The first kappa shape index (κ1) is 12.0. The van der Waals surface area contributed by atoms with Crippen LogP contribution in [0.4, 0.5) is 6.01 Å². The molecule has 0 bridgehead atoms. The van der Waals surface area contributed by atoms with Crippen LogP contribution in [0.25, 0.3) is 0 Å². The first-order chi connectivity index (χ1) is 8.29. The summed E-state index contributed by atoms with van der Waals surface area (Å²) < 4.78 is 10.1. The van der Waals surface area contributed by atoms with Crippen LogP contribution in [0.15, 0.2) is 4.42 Å². The smallest absolute Gasteiger partial charge is 0.322 e. The van der Waals surface area contributed by atoms with Crippen LogP contribution in [-0.2, 0) is 9.53 Å².